The number of fused-ring (bicyclic) bond motifs is 2. The summed E-state index contributed by atoms with van der Waals surface area (Å²) in [5.41, 5.74) is 2.76. The summed E-state index contributed by atoms with van der Waals surface area (Å²) in [5, 5.41) is 3.37. The van der Waals surface area contributed by atoms with Gasteiger partial charge in [0.1, 0.15) is 0 Å². The summed E-state index contributed by atoms with van der Waals surface area (Å²) in [6.07, 6.45) is 5.92. The van der Waals surface area contributed by atoms with Gasteiger partial charge >= 0.3 is 0 Å². The average Bonchev–Trinajstić information content (AvgIpc) is 3.09. The Morgan fingerprint density at radius 2 is 2.14 bits per heavy atom. The van der Waals surface area contributed by atoms with Crippen LogP contribution in [0.25, 0.3) is 0 Å². The minimum atomic E-state index is 0.385. The Labute approximate surface area is 137 Å². The van der Waals surface area contributed by atoms with Crippen LogP contribution in [0.1, 0.15) is 44.2 Å². The van der Waals surface area contributed by atoms with Crippen molar-refractivity contribution >= 4 is 21.6 Å². The summed E-state index contributed by atoms with van der Waals surface area (Å²) >= 11 is 3.63. The van der Waals surface area contributed by atoms with Crippen LogP contribution in [-0.2, 0) is 0 Å². The Morgan fingerprint density at radius 3 is 2.76 bits per heavy atom. The van der Waals surface area contributed by atoms with Gasteiger partial charge in [-0.15, -0.1) is 0 Å². The lowest BCUT2D eigenvalue weighted by Gasteiger charge is -2.31. The van der Waals surface area contributed by atoms with Crippen molar-refractivity contribution in [3.05, 3.63) is 28.2 Å². The molecule has 3 rings (SSSR count). The predicted molar refractivity (Wildman–Crippen MR) is 93.8 cm³/mol. The fraction of sp³-hybridized carbons (Fsp3) is 0.667. The van der Waals surface area contributed by atoms with Gasteiger partial charge in [-0.05, 0) is 68.7 Å². The summed E-state index contributed by atoms with van der Waals surface area (Å²) < 4.78 is 1.17. The standard InChI is InChI=1S/C18H27BrN2/c1-12(20-2)17-7-6-16(19)10-18(17)21(3)11-15-9-13-4-5-14(15)8-13/h6-7,10,12-15,20H,4-5,8-9,11H2,1-3H3. The smallest absolute Gasteiger partial charge is 0.0423 e. The monoisotopic (exact) mass is 350 g/mol. The fourth-order valence-corrected chi connectivity index (χ4v) is 4.77. The van der Waals surface area contributed by atoms with Crippen LogP contribution in [0.4, 0.5) is 5.69 Å². The van der Waals surface area contributed by atoms with Gasteiger partial charge in [0, 0.05) is 29.8 Å². The molecule has 0 aromatic heterocycles. The largest absolute Gasteiger partial charge is 0.374 e. The van der Waals surface area contributed by atoms with Gasteiger partial charge in [-0.2, -0.15) is 0 Å². The van der Waals surface area contributed by atoms with Crippen LogP contribution >= 0.6 is 15.9 Å². The van der Waals surface area contributed by atoms with Crippen molar-refractivity contribution in [1.29, 1.82) is 0 Å². The van der Waals surface area contributed by atoms with Gasteiger partial charge in [-0.25, -0.2) is 0 Å². The molecule has 1 N–H and O–H groups in total. The van der Waals surface area contributed by atoms with Crippen molar-refractivity contribution < 1.29 is 0 Å². The summed E-state index contributed by atoms with van der Waals surface area (Å²) in [7, 11) is 4.30. The van der Waals surface area contributed by atoms with Gasteiger partial charge in [-0.3, -0.25) is 0 Å². The number of benzene rings is 1. The van der Waals surface area contributed by atoms with E-state index in [1.54, 1.807) is 0 Å². The first kappa shape index (κ1) is 15.4. The Bertz CT molecular complexity index is 502. The van der Waals surface area contributed by atoms with E-state index >= 15 is 0 Å². The van der Waals surface area contributed by atoms with Gasteiger partial charge in [0.25, 0.3) is 0 Å². The Kier molecular flexibility index (Phi) is 4.60. The second-order valence-corrected chi connectivity index (χ2v) is 7.94. The molecule has 0 heterocycles. The first-order chi connectivity index (χ1) is 10.1. The molecule has 4 unspecified atom stereocenters. The maximum Gasteiger partial charge on any atom is 0.0423 e. The molecule has 0 spiro atoms. The molecule has 1 aromatic carbocycles. The van der Waals surface area contributed by atoms with E-state index in [9.17, 15) is 0 Å². The summed E-state index contributed by atoms with van der Waals surface area (Å²) in [6.45, 7) is 3.44. The van der Waals surface area contributed by atoms with Crippen LogP contribution < -0.4 is 10.2 Å². The number of hydrogen-bond acceptors (Lipinski definition) is 2. The number of nitrogens with one attached hydrogen (secondary N) is 1. The Morgan fingerprint density at radius 1 is 1.33 bits per heavy atom. The van der Waals surface area contributed by atoms with Crippen LogP contribution in [0.15, 0.2) is 22.7 Å². The minimum Gasteiger partial charge on any atom is -0.374 e. The van der Waals surface area contributed by atoms with E-state index in [1.807, 2.05) is 7.05 Å². The molecule has 1 aromatic rings. The topological polar surface area (TPSA) is 15.3 Å². The number of halogens is 1. The predicted octanol–water partition coefficient (Wildman–Crippen LogP) is 4.60. The highest BCUT2D eigenvalue weighted by Gasteiger charge is 2.39. The van der Waals surface area contributed by atoms with Crippen molar-refractivity contribution in [3.63, 3.8) is 0 Å². The van der Waals surface area contributed by atoms with Crippen LogP contribution in [0.3, 0.4) is 0 Å². The lowest BCUT2D eigenvalue weighted by Crippen LogP contribution is -2.30. The summed E-state index contributed by atoms with van der Waals surface area (Å²) in [4.78, 5) is 2.49. The van der Waals surface area contributed by atoms with Crippen LogP contribution in [0.5, 0.6) is 0 Å². The highest BCUT2D eigenvalue weighted by molar-refractivity contribution is 9.10. The third-order valence-electron chi connectivity index (χ3n) is 5.70. The molecule has 0 saturated heterocycles. The molecule has 2 aliphatic rings. The molecule has 21 heavy (non-hydrogen) atoms. The zero-order valence-electron chi connectivity index (χ0n) is 13.4. The number of hydrogen-bond donors (Lipinski definition) is 1. The first-order valence-electron chi connectivity index (χ1n) is 8.26. The van der Waals surface area contributed by atoms with Gasteiger partial charge in [-0.1, -0.05) is 28.4 Å². The molecule has 0 radical (unpaired) electrons. The molecule has 0 amide bonds. The van der Waals surface area contributed by atoms with Crippen molar-refractivity contribution in [2.24, 2.45) is 17.8 Å². The second-order valence-electron chi connectivity index (χ2n) is 7.03. The summed E-state index contributed by atoms with van der Waals surface area (Å²) in [5.74, 6) is 2.94. The van der Waals surface area contributed by atoms with Crippen LogP contribution in [-0.4, -0.2) is 20.6 Å². The highest BCUT2D eigenvalue weighted by atomic mass is 79.9. The molecule has 2 saturated carbocycles. The van der Waals surface area contributed by atoms with E-state index in [4.69, 9.17) is 0 Å². The SMILES string of the molecule is CNC(C)c1ccc(Br)cc1N(C)CC1CC2CCC1C2. The third kappa shape index (κ3) is 3.14. The summed E-state index contributed by atoms with van der Waals surface area (Å²) in [6, 6.07) is 7.06. The average molecular weight is 351 g/mol. The normalized spacial score (nSPS) is 28.9. The molecule has 116 valence electrons. The van der Waals surface area contributed by atoms with Gasteiger partial charge in [0.05, 0.1) is 0 Å². The van der Waals surface area contributed by atoms with Gasteiger partial charge in [0.2, 0.25) is 0 Å². The molecule has 2 aliphatic carbocycles. The lowest BCUT2D eigenvalue weighted by atomic mass is 9.88. The number of anilines is 1. The molecule has 2 fully saturated rings. The maximum absolute atomic E-state index is 3.63. The zero-order chi connectivity index (χ0) is 15.0. The molecule has 4 atom stereocenters. The van der Waals surface area contributed by atoms with Crippen molar-refractivity contribution in [2.75, 3.05) is 25.5 Å². The van der Waals surface area contributed by atoms with Crippen molar-refractivity contribution in [3.8, 4) is 0 Å². The Balaban J connectivity index is 1.77. The van der Waals surface area contributed by atoms with Gasteiger partial charge < -0.3 is 10.2 Å². The zero-order valence-corrected chi connectivity index (χ0v) is 15.0. The first-order valence-corrected chi connectivity index (χ1v) is 9.05. The highest BCUT2D eigenvalue weighted by Crippen LogP contribution is 2.48. The Hall–Kier alpha value is -0.540. The number of nitrogens with zero attached hydrogens (tertiary/aromatic N) is 1. The van der Waals surface area contributed by atoms with Crippen molar-refractivity contribution in [1.82, 2.24) is 5.32 Å². The molecule has 3 heteroatoms. The molecular weight excluding hydrogens is 324 g/mol. The minimum absolute atomic E-state index is 0.385. The fourth-order valence-electron chi connectivity index (χ4n) is 4.42. The quantitative estimate of drug-likeness (QED) is 0.834. The van der Waals surface area contributed by atoms with Crippen molar-refractivity contribution in [2.45, 2.75) is 38.6 Å². The van der Waals surface area contributed by atoms with E-state index in [0.717, 1.165) is 17.8 Å². The van der Waals surface area contributed by atoms with Gasteiger partial charge in [0.15, 0.2) is 0 Å². The second kappa shape index (κ2) is 6.29. The molecule has 0 aliphatic heterocycles. The van der Waals surface area contributed by atoms with E-state index in [-0.39, 0.29) is 0 Å². The third-order valence-corrected chi connectivity index (χ3v) is 6.19. The van der Waals surface area contributed by atoms with Crippen LogP contribution in [0.2, 0.25) is 0 Å². The molecule has 2 bridgehead atoms. The van der Waals surface area contributed by atoms with E-state index in [1.165, 1.54) is 48.0 Å². The van der Waals surface area contributed by atoms with E-state index < -0.39 is 0 Å². The maximum atomic E-state index is 3.63. The molecule has 2 nitrogen and oxygen atoms in total. The van der Waals surface area contributed by atoms with Crippen LogP contribution in [0, 0.1) is 17.8 Å². The molecular formula is C18H27BrN2. The van der Waals surface area contributed by atoms with E-state index in [2.05, 4.69) is 58.3 Å². The van der Waals surface area contributed by atoms with E-state index in [0.29, 0.717) is 6.04 Å². The lowest BCUT2D eigenvalue weighted by molar-refractivity contribution is 0.337. The number of rotatable bonds is 5.